The number of nitrogens with two attached hydrogens (primary N) is 5. The fourth-order valence-electron chi connectivity index (χ4n) is 16.4. The Bertz CT molecular complexity index is 6150. The largest absolute Gasteiger partial charge is 0.382 e. The third-order valence-corrected chi connectivity index (χ3v) is 24.5. The average molecular weight is 1840 g/mol. The molecule has 0 spiro atoms. The predicted molar refractivity (Wildman–Crippen MR) is 512 cm³/mol. The van der Waals surface area contributed by atoms with Crippen molar-refractivity contribution in [2.75, 3.05) is 185 Å². The van der Waals surface area contributed by atoms with Gasteiger partial charge in [0.15, 0.2) is 28.2 Å². The maximum absolute atomic E-state index is 9.49. The first-order chi connectivity index (χ1) is 65.4. The van der Waals surface area contributed by atoms with Gasteiger partial charge in [0.05, 0.1) is 166 Å². The Balaban J connectivity index is 0.000000122. The molecule has 0 aromatic carbocycles. The molecule has 21 rings (SSSR count). The van der Waals surface area contributed by atoms with Crippen molar-refractivity contribution in [1.29, 1.82) is 5.26 Å². The van der Waals surface area contributed by atoms with Crippen LogP contribution in [0.25, 0.3) is 113 Å². The van der Waals surface area contributed by atoms with Crippen LogP contribution >= 0.6 is 0 Å². The number of nitrogens with zero attached hydrogens (tertiary/aromatic N) is 36. The fourth-order valence-corrected chi connectivity index (χ4v) is 16.4. The lowest BCUT2D eigenvalue weighted by molar-refractivity contribution is 0.122. The minimum Gasteiger partial charge on any atom is -0.382 e. The molecule has 0 bridgehead atoms. The molecule has 135 heavy (non-hydrogen) atoms. The van der Waals surface area contributed by atoms with Crippen molar-refractivity contribution in [2.24, 2.45) is 5.92 Å². The van der Waals surface area contributed by atoms with Crippen LogP contribution in [0.4, 0.5) is 58.8 Å². The van der Waals surface area contributed by atoms with Crippen molar-refractivity contribution in [2.45, 2.75) is 144 Å². The highest BCUT2D eigenvalue weighted by Crippen LogP contribution is 2.38. The van der Waals surface area contributed by atoms with Crippen LogP contribution in [0.5, 0.6) is 0 Å². The molecule has 706 valence electrons. The predicted octanol–water partition coefficient (Wildman–Crippen LogP) is 9.29. The molecule has 1 aliphatic carbocycles. The standard InChI is InChI=1S/C18H22N8O.2C18H24N8O.C17H19N9O.C17H22N8O.CH4/c19-14-10-20-13(9-21-14)15-16-17(26(11-22-16)12-3-1-2-4-12)24-18(23-15)25-5-7-27-8-6-25;1-11(2)12(3)26-10-22-16-15(13-8-21-14(19)9-20-13)23-18(24-17(16)26)25-4-6-27-7-5-25;1-3-12(4-2)26-11-22-16-15(13-9-21-14(19)10-20-13)23-18(24-17(16)26)25-5-7-27-8-6-25;1-2-11(7-18)26-10-22-15-14(12-8-21-13(19)9-20-12)23-17(24-16(15)26)25-3-5-27-6-4-25;1-3-11(2)25-10-21-15-14(12-8-20-13(18)9-19-12)22-17(23-16(15)25)24-4-6-26-7-5-24;/h9-12H,1-8H2,(H2,19,21);8-12H,4-7H2,1-3H3,(H2,19,21);9-12H,3-8H2,1-2H3,(H2,19,21);8-11H,2-6H2,1H3,(H2,19,21);8-11H,3-7H2,1-2H3,(H2,18,20);1H4. The lowest BCUT2D eigenvalue weighted by atomic mass is 10.1. The van der Waals surface area contributed by atoms with Gasteiger partial charge in [-0.25, -0.2) is 99.7 Å². The molecular weight excluding hydrogens is 1720 g/mol. The normalized spacial score (nSPS) is 16.2. The number of morpholine rings is 5. The number of anilines is 10. The third kappa shape index (κ3) is 20.8. The van der Waals surface area contributed by atoms with Gasteiger partial charge in [-0.15, -0.1) is 0 Å². The van der Waals surface area contributed by atoms with E-state index in [1.807, 2.05) is 32.2 Å². The second-order valence-electron chi connectivity index (χ2n) is 33.3. The maximum Gasteiger partial charge on any atom is 0.228 e. The van der Waals surface area contributed by atoms with Gasteiger partial charge >= 0.3 is 0 Å². The van der Waals surface area contributed by atoms with Gasteiger partial charge in [0.1, 0.15) is 120 Å². The molecule has 5 saturated heterocycles. The summed E-state index contributed by atoms with van der Waals surface area (Å²) in [5, 5.41) is 9.49. The zero-order valence-electron chi connectivity index (χ0n) is 76.5. The Morgan fingerprint density at radius 2 is 0.600 bits per heavy atom. The highest BCUT2D eigenvalue weighted by molar-refractivity contribution is 5.91. The summed E-state index contributed by atoms with van der Waals surface area (Å²) < 4.78 is 37.6. The van der Waals surface area contributed by atoms with Gasteiger partial charge in [-0.2, -0.15) is 30.2 Å². The van der Waals surface area contributed by atoms with Gasteiger partial charge in [0.2, 0.25) is 29.7 Å². The molecule has 1 saturated carbocycles. The maximum atomic E-state index is 9.49. The van der Waals surface area contributed by atoms with Crippen molar-refractivity contribution in [3.8, 4) is 63.0 Å². The van der Waals surface area contributed by atoms with Crippen LogP contribution in [-0.4, -0.2) is 279 Å². The van der Waals surface area contributed by atoms with E-state index < -0.39 is 0 Å². The van der Waals surface area contributed by atoms with Gasteiger partial charge in [-0.05, 0) is 58.3 Å². The summed E-state index contributed by atoms with van der Waals surface area (Å²) in [4.78, 5) is 124. The molecule has 0 amide bonds. The van der Waals surface area contributed by atoms with Crippen LogP contribution in [0, 0.1) is 17.2 Å². The second kappa shape index (κ2) is 43.0. The van der Waals surface area contributed by atoms with Gasteiger partial charge in [-0.1, -0.05) is 61.8 Å². The zero-order valence-corrected chi connectivity index (χ0v) is 76.5. The van der Waals surface area contributed by atoms with Gasteiger partial charge in [0.25, 0.3) is 0 Å². The summed E-state index contributed by atoms with van der Waals surface area (Å²) in [5.74, 6) is 5.54. The van der Waals surface area contributed by atoms with E-state index in [9.17, 15) is 5.26 Å². The van der Waals surface area contributed by atoms with Crippen LogP contribution < -0.4 is 53.2 Å². The van der Waals surface area contributed by atoms with E-state index in [2.05, 4.69) is 172 Å². The molecular formula is C89H115N41O5. The minimum atomic E-state index is -0.354. The molecule has 46 heteroatoms. The molecule has 6 fully saturated rings. The molecule has 6 aliphatic rings. The topological polar surface area (TPSA) is 563 Å². The summed E-state index contributed by atoms with van der Waals surface area (Å²) in [6.45, 7) is 31.3. The Morgan fingerprint density at radius 1 is 0.326 bits per heavy atom. The van der Waals surface area contributed by atoms with E-state index in [1.165, 1.54) is 50.5 Å². The highest BCUT2D eigenvalue weighted by atomic mass is 16.5. The summed E-state index contributed by atoms with van der Waals surface area (Å²) in [6.07, 6.45) is 33.3. The van der Waals surface area contributed by atoms with Crippen molar-refractivity contribution >= 4 is 115 Å². The molecule has 3 unspecified atom stereocenters. The van der Waals surface area contributed by atoms with Crippen molar-refractivity contribution in [3.05, 3.63) is 93.6 Å². The van der Waals surface area contributed by atoms with E-state index in [-0.39, 0.29) is 25.6 Å². The molecule has 0 radical (unpaired) electrons. The van der Waals surface area contributed by atoms with E-state index in [1.54, 1.807) is 48.1 Å². The first-order valence-corrected chi connectivity index (χ1v) is 45.6. The molecule has 15 aromatic heterocycles. The first-order valence-electron chi connectivity index (χ1n) is 45.6. The molecule has 20 heterocycles. The van der Waals surface area contributed by atoms with Crippen LogP contribution in [0.2, 0.25) is 0 Å². The lowest BCUT2D eigenvalue weighted by Crippen LogP contribution is -2.37. The molecule has 5 aliphatic heterocycles. The molecule has 10 N–H and O–H groups in total. The number of rotatable bonds is 20. The quantitative estimate of drug-likeness (QED) is 0.0474. The Hall–Kier alpha value is -14.6. The highest BCUT2D eigenvalue weighted by Gasteiger charge is 2.31. The van der Waals surface area contributed by atoms with E-state index >= 15 is 0 Å². The Morgan fingerprint density at radius 3 is 0.889 bits per heavy atom. The van der Waals surface area contributed by atoms with Crippen molar-refractivity contribution in [3.63, 3.8) is 0 Å². The van der Waals surface area contributed by atoms with Crippen molar-refractivity contribution < 1.29 is 23.7 Å². The monoisotopic (exact) mass is 1840 g/mol. The number of ether oxygens (including phenoxy) is 5. The summed E-state index contributed by atoms with van der Waals surface area (Å²) in [5.41, 5.74) is 42.3. The number of aromatic nitrogens is 30. The summed E-state index contributed by atoms with van der Waals surface area (Å²) in [7, 11) is 0. The summed E-state index contributed by atoms with van der Waals surface area (Å²) >= 11 is 0. The fraction of sp³-hybridized carbons (Fsp3) is 0.483. The number of hydrogen-bond donors (Lipinski definition) is 5. The lowest BCUT2D eigenvalue weighted by Gasteiger charge is -2.27. The van der Waals surface area contributed by atoms with Crippen LogP contribution in [0.1, 0.15) is 144 Å². The van der Waals surface area contributed by atoms with Crippen molar-refractivity contribution in [1.82, 2.24) is 147 Å². The number of fused-ring (bicyclic) bond motifs is 5. The molecule has 46 nitrogen and oxygen atoms in total. The Labute approximate surface area is 778 Å². The van der Waals surface area contributed by atoms with Crippen LogP contribution in [-0.2, 0) is 23.7 Å². The van der Waals surface area contributed by atoms with Crippen LogP contribution in [0.15, 0.2) is 93.6 Å². The Kier molecular flexibility index (Phi) is 29.8. The molecule has 3 atom stereocenters. The summed E-state index contributed by atoms with van der Waals surface area (Å²) in [6, 6.07) is 3.28. The smallest absolute Gasteiger partial charge is 0.228 e. The number of imidazole rings is 5. The van der Waals surface area contributed by atoms with E-state index in [4.69, 9.17) is 102 Å². The minimum absolute atomic E-state index is 0. The number of hydrogen-bond acceptors (Lipinski definition) is 41. The SMILES string of the molecule is C.CC(C)C(C)n1cnc2c(-c3cnc(N)cn3)nc(N3CCOCC3)nc21.CCC(C#N)n1cnc2c(-c3cnc(N)cn3)nc(N3CCOCC3)nc21.CCC(C)n1cnc2c(-c3cnc(N)cn3)nc(N3CCOCC3)nc21.CCC(CC)n1cnc2c(-c3cnc(N)cn3)nc(N3CCOCC3)nc21.Nc1cnc(-c2nc(N3CCOCC3)nc3c2ncn3C2CCCC2)cn1. The number of nitriles is 1. The first kappa shape index (κ1) is 93.7. The van der Waals surface area contributed by atoms with Gasteiger partial charge < -0.3 is 95.1 Å². The van der Waals surface area contributed by atoms with Gasteiger partial charge in [-0.3, -0.25) is 4.57 Å². The van der Waals surface area contributed by atoms with Gasteiger partial charge in [0, 0.05) is 89.6 Å². The van der Waals surface area contributed by atoms with E-state index in [0.717, 1.165) is 116 Å². The average Bonchev–Trinajstić information content (AvgIpc) is 1.73. The van der Waals surface area contributed by atoms with Crippen LogP contribution in [0.3, 0.4) is 0 Å². The zero-order chi connectivity index (χ0) is 92.9. The molecule has 15 aromatic rings. The number of nitrogen functional groups attached to an aromatic ring is 5. The third-order valence-electron chi connectivity index (χ3n) is 24.5. The second-order valence-corrected chi connectivity index (χ2v) is 33.3. The van der Waals surface area contributed by atoms with E-state index in [0.29, 0.717) is 231 Å².